The molecule has 1 saturated heterocycles. The van der Waals surface area contributed by atoms with Gasteiger partial charge in [-0.15, -0.1) is 0 Å². The van der Waals surface area contributed by atoms with Crippen molar-refractivity contribution in [1.82, 2.24) is 0 Å². The second-order valence-corrected chi connectivity index (χ2v) is 3.30. The first kappa shape index (κ1) is 8.49. The normalized spacial score (nSPS) is 48.0. The van der Waals surface area contributed by atoms with Crippen LogP contribution in [-0.4, -0.2) is 62.0 Å². The molecule has 3 N–H and O–H groups in total. The van der Waals surface area contributed by atoms with E-state index in [1.165, 1.54) is 0 Å². The summed E-state index contributed by atoms with van der Waals surface area (Å²) in [6, 6.07) is 0. The number of ether oxygens (including phenoxy) is 1. The SMILES string of the molecule is OC[C@H]1OC([As])[C@H](O)[C@@H]1O. The van der Waals surface area contributed by atoms with Crippen LogP contribution in [0, 0.1) is 0 Å². The first-order valence-electron chi connectivity index (χ1n) is 2.97. The van der Waals surface area contributed by atoms with Gasteiger partial charge in [0.15, 0.2) is 0 Å². The van der Waals surface area contributed by atoms with Crippen LogP contribution in [0.3, 0.4) is 0 Å². The summed E-state index contributed by atoms with van der Waals surface area (Å²) in [5.74, 6) is 0. The first-order valence-corrected chi connectivity index (χ1v) is 4.05. The van der Waals surface area contributed by atoms with Gasteiger partial charge < -0.3 is 0 Å². The molecule has 0 aromatic heterocycles. The zero-order valence-electron chi connectivity index (χ0n) is 5.21. The number of aliphatic hydroxyl groups is 3. The summed E-state index contributed by atoms with van der Waals surface area (Å²) in [5.41, 5.74) is 0. The van der Waals surface area contributed by atoms with E-state index in [1.807, 2.05) is 0 Å². The Kier molecular flexibility index (Phi) is 2.72. The Labute approximate surface area is 67.3 Å². The minimum atomic E-state index is -0.960. The van der Waals surface area contributed by atoms with E-state index in [-0.39, 0.29) is 6.61 Å². The average molecular weight is 208 g/mol. The third kappa shape index (κ3) is 1.36. The van der Waals surface area contributed by atoms with E-state index in [4.69, 9.17) is 20.1 Å². The molecular formula is C5H9AsO4. The second kappa shape index (κ2) is 3.20. The van der Waals surface area contributed by atoms with Gasteiger partial charge in [-0.25, -0.2) is 0 Å². The summed E-state index contributed by atoms with van der Waals surface area (Å²) < 4.78 is 4.96. The van der Waals surface area contributed by atoms with Crippen LogP contribution < -0.4 is 0 Å². The van der Waals surface area contributed by atoms with Gasteiger partial charge in [0, 0.05) is 0 Å². The van der Waals surface area contributed by atoms with Crippen LogP contribution in [0.5, 0.6) is 0 Å². The van der Waals surface area contributed by atoms with Crippen LogP contribution in [0.2, 0.25) is 0 Å². The average Bonchev–Trinajstić information content (AvgIpc) is 2.17. The molecule has 4 atom stereocenters. The van der Waals surface area contributed by atoms with Gasteiger partial charge in [-0.2, -0.15) is 0 Å². The van der Waals surface area contributed by atoms with E-state index in [9.17, 15) is 0 Å². The Morgan fingerprint density at radius 1 is 1.30 bits per heavy atom. The third-order valence-corrected chi connectivity index (χ3v) is 2.41. The van der Waals surface area contributed by atoms with Crippen molar-refractivity contribution < 1.29 is 20.1 Å². The van der Waals surface area contributed by atoms with Crippen LogP contribution in [0.1, 0.15) is 0 Å². The molecule has 0 aromatic rings. The Bertz CT molecular complexity index is 120. The fourth-order valence-electron chi connectivity index (χ4n) is 0.880. The standard InChI is InChI=1S/C5H9AsO4/c6-5-4(9)3(8)2(1-7)10-5/h2-5,7-9H,1H2/t2-,3-,4-,5?/m1/s1. The van der Waals surface area contributed by atoms with Crippen LogP contribution >= 0.6 is 0 Å². The maximum atomic E-state index is 9.08. The van der Waals surface area contributed by atoms with Gasteiger partial charge in [0.1, 0.15) is 0 Å². The van der Waals surface area contributed by atoms with Gasteiger partial charge >= 0.3 is 66.7 Å². The van der Waals surface area contributed by atoms with Crippen LogP contribution in [-0.2, 0) is 4.74 Å². The Balaban J connectivity index is 2.53. The van der Waals surface area contributed by atoms with Crippen molar-refractivity contribution in [2.75, 3.05) is 6.61 Å². The fraction of sp³-hybridized carbons (Fsp3) is 1.00. The molecule has 58 valence electrons. The Hall–Kier alpha value is 0.398. The molecular weight excluding hydrogens is 199 g/mol. The molecule has 1 aliphatic heterocycles. The third-order valence-electron chi connectivity index (χ3n) is 1.52. The molecule has 5 heteroatoms. The predicted octanol–water partition coefficient (Wildman–Crippen LogP) is -2.41. The van der Waals surface area contributed by atoms with E-state index in [1.54, 1.807) is 0 Å². The van der Waals surface area contributed by atoms with Crippen LogP contribution in [0.4, 0.5) is 0 Å². The first-order chi connectivity index (χ1) is 4.66. The molecule has 4 nitrogen and oxygen atoms in total. The molecule has 2 radical (unpaired) electrons. The van der Waals surface area contributed by atoms with Gasteiger partial charge in [0.05, 0.1) is 0 Å². The summed E-state index contributed by atoms with van der Waals surface area (Å²) in [6.07, 6.45) is -2.49. The van der Waals surface area contributed by atoms with Crippen LogP contribution in [0.15, 0.2) is 0 Å². The van der Waals surface area contributed by atoms with Gasteiger partial charge in [-0.05, 0) is 0 Å². The summed E-state index contributed by atoms with van der Waals surface area (Å²) in [7, 11) is 0. The van der Waals surface area contributed by atoms with Crippen molar-refractivity contribution in [1.29, 1.82) is 0 Å². The molecule has 1 heterocycles. The fourth-order valence-corrected chi connectivity index (χ4v) is 1.58. The van der Waals surface area contributed by atoms with Crippen molar-refractivity contribution in [2.45, 2.75) is 23.2 Å². The molecule has 0 bridgehead atoms. The summed E-state index contributed by atoms with van der Waals surface area (Å²) >= 11 is 2.10. The van der Waals surface area contributed by atoms with E-state index in [0.717, 1.165) is 0 Å². The summed E-state index contributed by atoms with van der Waals surface area (Å²) in [6.45, 7) is -0.257. The zero-order chi connectivity index (χ0) is 7.72. The van der Waals surface area contributed by atoms with E-state index < -0.39 is 23.2 Å². The van der Waals surface area contributed by atoms with E-state index >= 15 is 0 Å². The molecule has 0 amide bonds. The maximum absolute atomic E-state index is 9.08. The zero-order valence-corrected chi connectivity index (χ0v) is 7.09. The molecule has 0 saturated carbocycles. The molecule has 0 aliphatic carbocycles. The number of hydrogen-bond acceptors (Lipinski definition) is 4. The topological polar surface area (TPSA) is 69.9 Å². The quantitative estimate of drug-likeness (QED) is 0.420. The van der Waals surface area contributed by atoms with Crippen LogP contribution in [0.25, 0.3) is 0 Å². The molecule has 1 aliphatic rings. The number of rotatable bonds is 1. The molecule has 0 spiro atoms. The van der Waals surface area contributed by atoms with Crippen molar-refractivity contribution in [3.05, 3.63) is 0 Å². The molecule has 1 fully saturated rings. The van der Waals surface area contributed by atoms with Crippen molar-refractivity contribution >= 4 is 16.9 Å². The van der Waals surface area contributed by atoms with Crippen molar-refractivity contribution in [2.24, 2.45) is 0 Å². The minimum absolute atomic E-state index is 0.257. The van der Waals surface area contributed by atoms with Gasteiger partial charge in [-0.3, -0.25) is 0 Å². The van der Waals surface area contributed by atoms with Gasteiger partial charge in [-0.1, -0.05) is 0 Å². The molecule has 0 aromatic carbocycles. The predicted molar refractivity (Wildman–Crippen MR) is 33.5 cm³/mol. The van der Waals surface area contributed by atoms with Gasteiger partial charge in [0.25, 0.3) is 0 Å². The van der Waals surface area contributed by atoms with E-state index in [0.29, 0.717) is 0 Å². The monoisotopic (exact) mass is 208 g/mol. The molecule has 10 heavy (non-hydrogen) atoms. The summed E-state index contributed by atoms with van der Waals surface area (Å²) in [4.78, 5) is -0.445. The molecule has 1 rings (SSSR count). The van der Waals surface area contributed by atoms with Gasteiger partial charge in [0.2, 0.25) is 0 Å². The number of hydrogen-bond donors (Lipinski definition) is 3. The Morgan fingerprint density at radius 2 is 1.90 bits per heavy atom. The van der Waals surface area contributed by atoms with Crippen molar-refractivity contribution in [3.8, 4) is 0 Å². The van der Waals surface area contributed by atoms with Crippen molar-refractivity contribution in [3.63, 3.8) is 0 Å². The summed E-state index contributed by atoms with van der Waals surface area (Å²) in [5, 5.41) is 26.7. The number of aliphatic hydroxyl groups excluding tert-OH is 3. The van der Waals surface area contributed by atoms with E-state index in [2.05, 4.69) is 16.9 Å². The molecule has 1 unspecified atom stereocenters. The second-order valence-electron chi connectivity index (χ2n) is 2.23. The Morgan fingerprint density at radius 3 is 2.10 bits per heavy atom.